The first-order valence-corrected chi connectivity index (χ1v) is 8.41. The van der Waals surface area contributed by atoms with Crippen LogP contribution in [0.3, 0.4) is 0 Å². The normalized spacial score (nSPS) is 13.8. The topological polar surface area (TPSA) is 53.1 Å². The number of nitrogens with zero attached hydrogens (tertiary/aromatic N) is 3. The first-order valence-electron chi connectivity index (χ1n) is 8.00. The van der Waals surface area contributed by atoms with E-state index in [1.54, 1.807) is 12.1 Å². The summed E-state index contributed by atoms with van der Waals surface area (Å²) < 4.78 is 12.9. The minimum absolute atomic E-state index is 0.248. The van der Waals surface area contributed by atoms with Gasteiger partial charge in [0.25, 0.3) is 0 Å². The monoisotopic (exact) mass is 345 g/mol. The number of thiocarbonyl (C=S) groups is 1. The average Bonchev–Trinajstić information content (AvgIpc) is 3.08. The number of benzene rings is 1. The van der Waals surface area contributed by atoms with Crippen molar-refractivity contribution >= 4 is 29.1 Å². The molecule has 1 fully saturated rings. The molecule has 0 saturated carbocycles. The molecule has 0 bridgehead atoms. The molecule has 7 heteroatoms. The van der Waals surface area contributed by atoms with Crippen LogP contribution >= 0.6 is 12.2 Å². The van der Waals surface area contributed by atoms with Crippen LogP contribution < -0.4 is 15.5 Å². The van der Waals surface area contributed by atoms with E-state index in [0.717, 1.165) is 30.2 Å². The standard InChI is InChI=1S/C17H20FN5S/c1-12-10-15(23-8-2-3-9-23)21-16(20-12)22-17(24)19-11-13-4-6-14(18)7-5-13/h4-7,10H,2-3,8-9,11H2,1H3,(H2,19,20,21,22,24). The smallest absolute Gasteiger partial charge is 0.231 e. The first-order chi connectivity index (χ1) is 11.6. The van der Waals surface area contributed by atoms with Crippen LogP contribution in [0.1, 0.15) is 24.1 Å². The molecular formula is C17H20FN5S. The van der Waals surface area contributed by atoms with Crippen molar-refractivity contribution < 1.29 is 4.39 Å². The van der Waals surface area contributed by atoms with E-state index < -0.39 is 0 Å². The van der Waals surface area contributed by atoms with Gasteiger partial charge in [-0.15, -0.1) is 0 Å². The highest BCUT2D eigenvalue weighted by Gasteiger charge is 2.15. The number of aromatic nitrogens is 2. The van der Waals surface area contributed by atoms with E-state index in [-0.39, 0.29) is 5.82 Å². The Labute approximate surface area is 146 Å². The zero-order valence-electron chi connectivity index (χ0n) is 13.6. The lowest BCUT2D eigenvalue weighted by atomic mass is 10.2. The van der Waals surface area contributed by atoms with Gasteiger partial charge in [0.15, 0.2) is 5.11 Å². The van der Waals surface area contributed by atoms with E-state index in [9.17, 15) is 4.39 Å². The van der Waals surface area contributed by atoms with Gasteiger partial charge in [0.1, 0.15) is 11.6 Å². The lowest BCUT2D eigenvalue weighted by Gasteiger charge is -2.18. The predicted molar refractivity (Wildman–Crippen MR) is 97.7 cm³/mol. The van der Waals surface area contributed by atoms with E-state index in [0.29, 0.717) is 17.6 Å². The number of anilines is 2. The van der Waals surface area contributed by atoms with Gasteiger partial charge in [-0.3, -0.25) is 0 Å². The predicted octanol–water partition coefficient (Wildman–Crippen LogP) is 3.01. The van der Waals surface area contributed by atoms with Crippen LogP contribution in [-0.2, 0) is 6.54 Å². The Morgan fingerprint density at radius 1 is 1.21 bits per heavy atom. The molecule has 1 aliphatic rings. The van der Waals surface area contributed by atoms with E-state index in [2.05, 4.69) is 25.5 Å². The van der Waals surface area contributed by atoms with Crippen molar-refractivity contribution in [3.05, 3.63) is 47.4 Å². The molecule has 3 rings (SSSR count). The number of rotatable bonds is 4. The number of hydrogen-bond acceptors (Lipinski definition) is 4. The van der Waals surface area contributed by atoms with Crippen LogP contribution in [0.5, 0.6) is 0 Å². The molecule has 1 saturated heterocycles. The minimum Gasteiger partial charge on any atom is -0.358 e. The summed E-state index contributed by atoms with van der Waals surface area (Å²) in [6.07, 6.45) is 2.40. The molecular weight excluding hydrogens is 325 g/mol. The maximum atomic E-state index is 12.9. The first kappa shape index (κ1) is 16.6. The quantitative estimate of drug-likeness (QED) is 0.831. The number of hydrogen-bond donors (Lipinski definition) is 2. The van der Waals surface area contributed by atoms with Gasteiger partial charge >= 0.3 is 0 Å². The lowest BCUT2D eigenvalue weighted by molar-refractivity contribution is 0.627. The van der Waals surface area contributed by atoms with Crippen molar-refractivity contribution in [1.29, 1.82) is 0 Å². The summed E-state index contributed by atoms with van der Waals surface area (Å²) in [6.45, 7) is 4.52. The van der Waals surface area contributed by atoms with E-state index in [4.69, 9.17) is 12.2 Å². The Balaban J connectivity index is 1.60. The van der Waals surface area contributed by atoms with Gasteiger partial charge in [-0.25, -0.2) is 9.37 Å². The van der Waals surface area contributed by atoms with Gasteiger partial charge in [-0.2, -0.15) is 4.98 Å². The van der Waals surface area contributed by atoms with Crippen LogP contribution in [0, 0.1) is 12.7 Å². The number of aryl methyl sites for hydroxylation is 1. The van der Waals surface area contributed by atoms with Crippen LogP contribution in [0.2, 0.25) is 0 Å². The van der Waals surface area contributed by atoms with Gasteiger partial charge in [-0.1, -0.05) is 12.1 Å². The fourth-order valence-corrected chi connectivity index (χ4v) is 2.81. The molecule has 2 N–H and O–H groups in total. The third-order valence-electron chi connectivity index (χ3n) is 3.86. The SMILES string of the molecule is Cc1cc(N2CCCC2)nc(NC(=S)NCc2ccc(F)cc2)n1. The van der Waals surface area contributed by atoms with E-state index in [1.165, 1.54) is 25.0 Å². The van der Waals surface area contributed by atoms with Crippen molar-refractivity contribution in [3.8, 4) is 0 Å². The molecule has 0 aliphatic carbocycles. The highest BCUT2D eigenvalue weighted by atomic mass is 32.1. The van der Waals surface area contributed by atoms with Crippen molar-refractivity contribution in [3.63, 3.8) is 0 Å². The van der Waals surface area contributed by atoms with Crippen molar-refractivity contribution in [2.45, 2.75) is 26.3 Å². The van der Waals surface area contributed by atoms with Gasteiger partial charge in [-0.05, 0) is 49.7 Å². The van der Waals surface area contributed by atoms with Crippen LogP contribution in [-0.4, -0.2) is 28.2 Å². The van der Waals surface area contributed by atoms with Crippen molar-refractivity contribution in [1.82, 2.24) is 15.3 Å². The third kappa shape index (κ3) is 4.38. The Bertz CT molecular complexity index is 713. The van der Waals surface area contributed by atoms with Crippen molar-refractivity contribution in [2.75, 3.05) is 23.3 Å². The summed E-state index contributed by atoms with van der Waals surface area (Å²) in [6, 6.07) is 8.30. The zero-order chi connectivity index (χ0) is 16.9. The van der Waals surface area contributed by atoms with Gasteiger partial charge in [0.2, 0.25) is 5.95 Å². The highest BCUT2D eigenvalue weighted by molar-refractivity contribution is 7.80. The molecule has 1 aromatic carbocycles. The third-order valence-corrected chi connectivity index (χ3v) is 4.11. The summed E-state index contributed by atoms with van der Waals surface area (Å²) in [7, 11) is 0. The number of halogens is 1. The Morgan fingerprint density at radius 3 is 2.62 bits per heavy atom. The zero-order valence-corrected chi connectivity index (χ0v) is 14.4. The number of nitrogens with one attached hydrogen (secondary N) is 2. The summed E-state index contributed by atoms with van der Waals surface area (Å²) in [5.41, 5.74) is 1.85. The summed E-state index contributed by atoms with van der Waals surface area (Å²) in [4.78, 5) is 11.2. The molecule has 126 valence electrons. The Kier molecular flexibility index (Phi) is 5.20. The second kappa shape index (κ2) is 7.53. The summed E-state index contributed by atoms with van der Waals surface area (Å²) in [5, 5.41) is 6.55. The van der Waals surface area contributed by atoms with Crippen molar-refractivity contribution in [2.24, 2.45) is 0 Å². The minimum atomic E-state index is -0.248. The molecule has 5 nitrogen and oxygen atoms in total. The van der Waals surface area contributed by atoms with E-state index >= 15 is 0 Å². The molecule has 0 radical (unpaired) electrons. The maximum Gasteiger partial charge on any atom is 0.231 e. The lowest BCUT2D eigenvalue weighted by Crippen LogP contribution is -2.29. The molecule has 0 atom stereocenters. The molecule has 24 heavy (non-hydrogen) atoms. The molecule has 1 aromatic heterocycles. The Hall–Kier alpha value is -2.28. The molecule has 1 aliphatic heterocycles. The second-order valence-corrected chi connectivity index (χ2v) is 6.23. The molecule has 2 heterocycles. The van der Waals surface area contributed by atoms with E-state index in [1.807, 2.05) is 13.0 Å². The molecule has 0 spiro atoms. The van der Waals surface area contributed by atoms with Crippen LogP contribution in [0.15, 0.2) is 30.3 Å². The fourth-order valence-electron chi connectivity index (χ4n) is 2.65. The van der Waals surface area contributed by atoms with Gasteiger partial charge < -0.3 is 15.5 Å². The summed E-state index contributed by atoms with van der Waals surface area (Å²) in [5.74, 6) is 1.18. The molecule has 2 aromatic rings. The summed E-state index contributed by atoms with van der Waals surface area (Å²) >= 11 is 5.29. The maximum absolute atomic E-state index is 12.9. The van der Waals surface area contributed by atoms with Crippen LogP contribution in [0.4, 0.5) is 16.2 Å². The van der Waals surface area contributed by atoms with Gasteiger partial charge in [0.05, 0.1) is 0 Å². The Morgan fingerprint density at radius 2 is 1.92 bits per heavy atom. The molecule has 0 unspecified atom stereocenters. The fraction of sp³-hybridized carbons (Fsp3) is 0.353. The molecule has 0 amide bonds. The second-order valence-electron chi connectivity index (χ2n) is 5.82. The largest absolute Gasteiger partial charge is 0.358 e. The van der Waals surface area contributed by atoms with Crippen LogP contribution in [0.25, 0.3) is 0 Å². The van der Waals surface area contributed by atoms with Gasteiger partial charge in [0, 0.05) is 31.4 Å². The average molecular weight is 345 g/mol. The highest BCUT2D eigenvalue weighted by Crippen LogP contribution is 2.19.